The lowest BCUT2D eigenvalue weighted by Gasteiger charge is -2.14. The van der Waals surface area contributed by atoms with Gasteiger partial charge in [-0.15, -0.1) is 0 Å². The molecule has 0 saturated carbocycles. The Balaban J connectivity index is 2.75. The lowest BCUT2D eigenvalue weighted by Crippen LogP contribution is -2.25. The molecular weight excluding hydrogens is 234 g/mol. The van der Waals surface area contributed by atoms with E-state index in [4.69, 9.17) is 0 Å². The minimum Gasteiger partial charge on any atom is -0.373 e. The highest BCUT2D eigenvalue weighted by atomic mass is 16.6. The maximum absolute atomic E-state index is 10.9. The highest BCUT2D eigenvalue weighted by Gasteiger charge is 2.15. The zero-order chi connectivity index (χ0) is 13.5. The monoisotopic (exact) mass is 253 g/mol. The quantitative estimate of drug-likeness (QED) is 0.564. The lowest BCUT2D eigenvalue weighted by molar-refractivity contribution is -0.384. The first-order chi connectivity index (χ1) is 8.58. The fraction of sp³-hybridized carbons (Fsp3) is 0.545. The van der Waals surface area contributed by atoms with Crippen LogP contribution in [0.3, 0.4) is 0 Å². The van der Waals surface area contributed by atoms with E-state index in [-0.39, 0.29) is 5.69 Å². The summed E-state index contributed by atoms with van der Waals surface area (Å²) in [6.45, 7) is 4.42. The van der Waals surface area contributed by atoms with Gasteiger partial charge in [-0.1, -0.05) is 6.92 Å². The summed E-state index contributed by atoms with van der Waals surface area (Å²) in [4.78, 5) is 16.7. The van der Waals surface area contributed by atoms with Crippen molar-refractivity contribution < 1.29 is 4.92 Å². The molecule has 0 atom stereocenters. The van der Waals surface area contributed by atoms with Crippen molar-refractivity contribution in [3.8, 4) is 0 Å². The summed E-state index contributed by atoms with van der Waals surface area (Å²) in [5.41, 5.74) is -0.00634. The smallest absolute Gasteiger partial charge is 0.311 e. The molecule has 0 spiro atoms. The van der Waals surface area contributed by atoms with Crippen LogP contribution in [0.15, 0.2) is 12.1 Å². The van der Waals surface area contributed by atoms with Crippen LogP contribution in [0.25, 0.3) is 0 Å². The molecule has 0 aliphatic carbocycles. The van der Waals surface area contributed by atoms with Crippen LogP contribution in [0.5, 0.6) is 0 Å². The maximum Gasteiger partial charge on any atom is 0.311 e. The van der Waals surface area contributed by atoms with E-state index in [1.165, 1.54) is 6.07 Å². The molecule has 0 radical (unpaired) electrons. The van der Waals surface area contributed by atoms with E-state index in [9.17, 15) is 10.1 Å². The Labute approximate surface area is 106 Å². The molecule has 0 aliphatic rings. The van der Waals surface area contributed by atoms with Crippen molar-refractivity contribution in [3.05, 3.63) is 22.2 Å². The van der Waals surface area contributed by atoms with Gasteiger partial charge >= 0.3 is 5.69 Å². The Morgan fingerprint density at radius 2 is 2.22 bits per heavy atom. The second kappa shape index (κ2) is 6.75. The topological polar surface area (TPSA) is 83.3 Å². The van der Waals surface area contributed by atoms with Crippen LogP contribution < -0.4 is 10.6 Å². The second-order valence-electron chi connectivity index (χ2n) is 3.89. The molecule has 1 aromatic rings. The van der Waals surface area contributed by atoms with E-state index in [0.29, 0.717) is 18.2 Å². The zero-order valence-corrected chi connectivity index (χ0v) is 10.9. The van der Waals surface area contributed by atoms with E-state index in [0.717, 1.165) is 13.1 Å². The van der Waals surface area contributed by atoms with Crippen LogP contribution >= 0.6 is 0 Å². The van der Waals surface area contributed by atoms with E-state index < -0.39 is 4.92 Å². The summed E-state index contributed by atoms with van der Waals surface area (Å²) in [5.74, 6) is 0.906. The molecule has 2 N–H and O–H groups in total. The highest BCUT2D eigenvalue weighted by Crippen LogP contribution is 2.23. The van der Waals surface area contributed by atoms with E-state index in [1.807, 2.05) is 7.05 Å². The predicted octanol–water partition coefficient (Wildman–Crippen LogP) is 1.40. The van der Waals surface area contributed by atoms with Gasteiger partial charge in [0, 0.05) is 26.2 Å². The van der Waals surface area contributed by atoms with Gasteiger partial charge in [0.2, 0.25) is 5.82 Å². The third kappa shape index (κ3) is 3.85. The van der Waals surface area contributed by atoms with Gasteiger partial charge in [0.15, 0.2) is 0 Å². The molecule has 18 heavy (non-hydrogen) atoms. The largest absolute Gasteiger partial charge is 0.373 e. The van der Waals surface area contributed by atoms with Crippen LogP contribution in [0.2, 0.25) is 0 Å². The number of nitrogens with one attached hydrogen (secondary N) is 2. The summed E-state index contributed by atoms with van der Waals surface area (Å²) >= 11 is 0. The SMILES string of the molecule is CCN(C)CCNc1nc(NC)ccc1[N+](=O)[O-]. The summed E-state index contributed by atoms with van der Waals surface area (Å²) in [6.07, 6.45) is 0. The van der Waals surface area contributed by atoms with E-state index in [2.05, 4.69) is 27.4 Å². The first-order valence-corrected chi connectivity index (χ1v) is 5.84. The number of nitrogens with zero attached hydrogens (tertiary/aromatic N) is 3. The number of hydrogen-bond donors (Lipinski definition) is 2. The van der Waals surface area contributed by atoms with E-state index >= 15 is 0 Å². The van der Waals surface area contributed by atoms with Crippen molar-refractivity contribution in [2.75, 3.05) is 44.4 Å². The number of hydrogen-bond acceptors (Lipinski definition) is 6. The lowest BCUT2D eigenvalue weighted by atomic mass is 10.3. The van der Waals surface area contributed by atoms with Gasteiger partial charge in [0.05, 0.1) is 4.92 Å². The van der Waals surface area contributed by atoms with Gasteiger partial charge in [-0.3, -0.25) is 10.1 Å². The zero-order valence-electron chi connectivity index (χ0n) is 10.9. The van der Waals surface area contributed by atoms with Crippen molar-refractivity contribution in [1.29, 1.82) is 0 Å². The van der Waals surface area contributed by atoms with Gasteiger partial charge in [-0.2, -0.15) is 0 Å². The molecule has 0 bridgehead atoms. The predicted molar refractivity (Wildman–Crippen MR) is 72.1 cm³/mol. The van der Waals surface area contributed by atoms with Crippen LogP contribution in [0.4, 0.5) is 17.3 Å². The summed E-state index contributed by atoms with van der Waals surface area (Å²) in [6, 6.07) is 3.03. The fourth-order valence-electron chi connectivity index (χ4n) is 1.39. The van der Waals surface area contributed by atoms with Crippen molar-refractivity contribution in [2.45, 2.75) is 6.92 Å². The summed E-state index contributed by atoms with van der Waals surface area (Å²) < 4.78 is 0. The second-order valence-corrected chi connectivity index (χ2v) is 3.89. The first-order valence-electron chi connectivity index (χ1n) is 5.84. The Morgan fingerprint density at radius 3 is 2.78 bits per heavy atom. The molecule has 0 fully saturated rings. The third-order valence-corrected chi connectivity index (χ3v) is 2.65. The van der Waals surface area contributed by atoms with Gasteiger partial charge in [0.1, 0.15) is 5.82 Å². The molecule has 7 nitrogen and oxygen atoms in total. The van der Waals surface area contributed by atoms with Crippen LogP contribution in [-0.4, -0.2) is 48.5 Å². The molecule has 0 amide bonds. The number of likely N-dealkylation sites (N-methyl/N-ethyl adjacent to an activating group) is 1. The highest BCUT2D eigenvalue weighted by molar-refractivity contribution is 5.60. The molecule has 0 aromatic carbocycles. The molecule has 100 valence electrons. The Morgan fingerprint density at radius 1 is 1.50 bits per heavy atom. The van der Waals surface area contributed by atoms with Crippen LogP contribution in [0, 0.1) is 10.1 Å². The van der Waals surface area contributed by atoms with Crippen molar-refractivity contribution in [1.82, 2.24) is 9.88 Å². The molecular formula is C11H19N5O2. The van der Waals surface area contributed by atoms with Crippen molar-refractivity contribution in [3.63, 3.8) is 0 Å². The van der Waals surface area contributed by atoms with Crippen LogP contribution in [-0.2, 0) is 0 Å². The first kappa shape index (κ1) is 14.2. The molecule has 1 aromatic heterocycles. The molecule has 1 rings (SSSR count). The number of rotatable bonds is 7. The molecule has 0 unspecified atom stereocenters. The number of anilines is 2. The Hall–Kier alpha value is -1.89. The van der Waals surface area contributed by atoms with Gasteiger partial charge in [-0.05, 0) is 19.7 Å². The van der Waals surface area contributed by atoms with Gasteiger partial charge < -0.3 is 15.5 Å². The Bertz CT molecular complexity index is 410. The van der Waals surface area contributed by atoms with E-state index in [1.54, 1.807) is 13.1 Å². The van der Waals surface area contributed by atoms with Gasteiger partial charge in [-0.25, -0.2) is 4.98 Å². The fourth-order valence-corrected chi connectivity index (χ4v) is 1.39. The molecule has 7 heteroatoms. The molecule has 0 aliphatic heterocycles. The normalized spacial score (nSPS) is 10.4. The van der Waals surface area contributed by atoms with Gasteiger partial charge in [0.25, 0.3) is 0 Å². The number of pyridine rings is 1. The Kier molecular flexibility index (Phi) is 5.31. The number of aromatic nitrogens is 1. The average Bonchev–Trinajstić information content (AvgIpc) is 2.37. The molecule has 1 heterocycles. The minimum absolute atomic E-state index is 0.00634. The van der Waals surface area contributed by atoms with Crippen LogP contribution in [0.1, 0.15) is 6.92 Å². The summed E-state index contributed by atoms with van der Waals surface area (Å²) in [5, 5.41) is 16.7. The van der Waals surface area contributed by atoms with Crippen molar-refractivity contribution >= 4 is 17.3 Å². The minimum atomic E-state index is -0.432. The third-order valence-electron chi connectivity index (χ3n) is 2.65. The maximum atomic E-state index is 10.9. The number of nitro groups is 1. The van der Waals surface area contributed by atoms with Crippen molar-refractivity contribution in [2.24, 2.45) is 0 Å². The standard InChI is InChI=1S/C11H19N5O2/c1-4-15(3)8-7-13-11-9(16(17)18)5-6-10(12-2)14-11/h5-6H,4,7-8H2,1-3H3,(H2,12,13,14). The average molecular weight is 253 g/mol. The molecule has 0 saturated heterocycles. The summed E-state index contributed by atoms with van der Waals surface area (Å²) in [7, 11) is 3.72.